The Balaban J connectivity index is 2.17. The highest BCUT2D eigenvalue weighted by molar-refractivity contribution is 7.99. The van der Waals surface area contributed by atoms with E-state index in [1.807, 2.05) is 31.2 Å². The van der Waals surface area contributed by atoms with E-state index in [9.17, 15) is 4.39 Å². The van der Waals surface area contributed by atoms with Gasteiger partial charge in [0.15, 0.2) is 0 Å². The summed E-state index contributed by atoms with van der Waals surface area (Å²) >= 11 is 13.0. The lowest BCUT2D eigenvalue weighted by molar-refractivity contribution is 0.566. The lowest BCUT2D eigenvalue weighted by atomic mass is 10.1. The Hall–Kier alpha value is -0.690. The number of hydrogen-bond donors (Lipinski definition) is 4. The molecule has 2 nitrogen and oxygen atoms in total. The first-order chi connectivity index (χ1) is 9.40. The van der Waals surface area contributed by atoms with Gasteiger partial charge >= 0.3 is 0 Å². The average molecular weight is 326 g/mol. The molecule has 0 aliphatic carbocycles. The third-order valence-corrected chi connectivity index (χ3v) is 3.97. The molecular weight excluding hydrogens is 311 g/mol. The van der Waals surface area contributed by atoms with E-state index in [1.165, 1.54) is 6.07 Å². The first-order valence-corrected chi connectivity index (χ1v) is 7.33. The Morgan fingerprint density at radius 1 is 1.30 bits per heavy atom. The number of nitrogens with one attached hydrogen (secondary N) is 1. The monoisotopic (exact) mass is 326 g/mol. The number of aromatic nitrogens is 1. The molecule has 0 unspecified atom stereocenters. The Morgan fingerprint density at radius 3 is 2.65 bits per heavy atom. The second-order valence-corrected chi connectivity index (χ2v) is 6.67. The van der Waals surface area contributed by atoms with Crippen LogP contribution in [-0.4, -0.2) is 4.98 Å². The van der Waals surface area contributed by atoms with Crippen LogP contribution in [0.4, 0.5) is 4.39 Å². The third kappa shape index (κ3) is 3.69. The highest BCUT2D eigenvalue weighted by Gasteiger charge is 2.24. The molecule has 1 aromatic heterocycles. The number of halogens is 1. The zero-order chi connectivity index (χ0) is 14.8. The average Bonchev–Trinajstić information content (AvgIpc) is 2.38. The van der Waals surface area contributed by atoms with Crippen molar-refractivity contribution in [3.05, 3.63) is 59.2 Å². The second-order valence-electron chi connectivity index (χ2n) is 4.46. The van der Waals surface area contributed by atoms with E-state index < -0.39 is 4.20 Å². The van der Waals surface area contributed by atoms with Crippen LogP contribution in [0.3, 0.4) is 0 Å². The van der Waals surface area contributed by atoms with Crippen molar-refractivity contribution in [3.63, 3.8) is 0 Å². The van der Waals surface area contributed by atoms with Crippen LogP contribution in [-0.2, 0) is 10.7 Å². The molecule has 20 heavy (non-hydrogen) atoms. The van der Waals surface area contributed by atoms with Gasteiger partial charge in [-0.1, -0.05) is 6.07 Å². The third-order valence-electron chi connectivity index (χ3n) is 2.94. The molecule has 2 aromatic rings. The quantitative estimate of drug-likeness (QED) is 0.510. The molecule has 0 saturated heterocycles. The molecule has 2 rings (SSSR count). The minimum atomic E-state index is -0.931. The molecule has 1 aromatic carbocycles. The predicted octanol–water partition coefficient (Wildman–Crippen LogP) is 3.58. The Labute approximate surface area is 134 Å². The fourth-order valence-electron chi connectivity index (χ4n) is 1.85. The highest BCUT2D eigenvalue weighted by Crippen LogP contribution is 2.29. The van der Waals surface area contributed by atoms with E-state index in [0.717, 1.165) is 5.56 Å². The van der Waals surface area contributed by atoms with Crippen LogP contribution in [0.1, 0.15) is 16.8 Å². The zero-order valence-electron chi connectivity index (χ0n) is 10.8. The van der Waals surface area contributed by atoms with E-state index in [0.29, 0.717) is 22.7 Å². The minimum Gasteiger partial charge on any atom is -0.285 e. The summed E-state index contributed by atoms with van der Waals surface area (Å²) in [6, 6.07) is 8.70. The summed E-state index contributed by atoms with van der Waals surface area (Å²) in [5.41, 5.74) is 2.07. The molecule has 1 N–H and O–H groups in total. The lowest BCUT2D eigenvalue weighted by Crippen LogP contribution is -2.32. The molecule has 0 fully saturated rings. The van der Waals surface area contributed by atoms with Gasteiger partial charge in [0.05, 0.1) is 5.69 Å². The van der Waals surface area contributed by atoms with Crippen LogP contribution in [0, 0.1) is 12.7 Å². The SMILES string of the molecule is Cc1cc(S)cc(F)c1CNC(S)(S)c1ccccn1. The van der Waals surface area contributed by atoms with Crippen molar-refractivity contribution in [1.82, 2.24) is 10.3 Å². The summed E-state index contributed by atoms with van der Waals surface area (Å²) in [6.07, 6.45) is 1.67. The molecule has 0 saturated carbocycles. The van der Waals surface area contributed by atoms with E-state index in [2.05, 4.69) is 48.2 Å². The maximum Gasteiger partial charge on any atom is 0.149 e. The van der Waals surface area contributed by atoms with Gasteiger partial charge in [-0.25, -0.2) is 4.39 Å². The lowest BCUT2D eigenvalue weighted by Gasteiger charge is -2.24. The van der Waals surface area contributed by atoms with Gasteiger partial charge in [0, 0.05) is 23.2 Å². The number of benzene rings is 1. The largest absolute Gasteiger partial charge is 0.285 e. The molecule has 0 amide bonds. The number of aryl methyl sites for hydroxylation is 1. The topological polar surface area (TPSA) is 24.9 Å². The van der Waals surface area contributed by atoms with E-state index in [-0.39, 0.29) is 5.82 Å². The molecule has 1 heterocycles. The van der Waals surface area contributed by atoms with Gasteiger partial charge in [-0.15, -0.1) is 37.9 Å². The fraction of sp³-hybridized carbons (Fsp3) is 0.214. The van der Waals surface area contributed by atoms with Crippen molar-refractivity contribution in [2.45, 2.75) is 22.6 Å². The Bertz CT molecular complexity index is 580. The number of rotatable bonds is 4. The predicted molar refractivity (Wildman–Crippen MR) is 89.1 cm³/mol. The standard InChI is InChI=1S/C14H15FN2S3/c1-9-6-10(18)7-12(15)11(9)8-17-14(19,20)13-4-2-3-5-16-13/h2-7,17-20H,8H2,1H3. The van der Waals surface area contributed by atoms with Crippen molar-refractivity contribution in [2.24, 2.45) is 0 Å². The van der Waals surface area contributed by atoms with Gasteiger partial charge < -0.3 is 0 Å². The maximum atomic E-state index is 13.9. The first-order valence-electron chi connectivity index (χ1n) is 5.99. The normalized spacial score (nSPS) is 11.7. The van der Waals surface area contributed by atoms with Gasteiger partial charge in [-0.3, -0.25) is 10.3 Å². The summed E-state index contributed by atoms with van der Waals surface area (Å²) in [6.45, 7) is 2.15. The summed E-state index contributed by atoms with van der Waals surface area (Å²) in [5.74, 6) is -0.291. The molecule has 106 valence electrons. The number of hydrogen-bond acceptors (Lipinski definition) is 5. The molecule has 0 aliphatic rings. The Kier molecular flexibility index (Phi) is 5.01. The van der Waals surface area contributed by atoms with E-state index in [4.69, 9.17) is 0 Å². The van der Waals surface area contributed by atoms with Crippen molar-refractivity contribution < 1.29 is 4.39 Å². The van der Waals surface area contributed by atoms with Crippen LogP contribution in [0.15, 0.2) is 41.4 Å². The van der Waals surface area contributed by atoms with Gasteiger partial charge in [-0.05, 0) is 36.8 Å². The zero-order valence-corrected chi connectivity index (χ0v) is 13.5. The molecule has 0 spiro atoms. The smallest absolute Gasteiger partial charge is 0.149 e. The number of pyridine rings is 1. The van der Waals surface area contributed by atoms with Gasteiger partial charge in [0.1, 0.15) is 10.0 Å². The highest BCUT2D eigenvalue weighted by atomic mass is 32.2. The second kappa shape index (κ2) is 6.39. The fourth-order valence-corrected chi connectivity index (χ4v) is 2.58. The van der Waals surface area contributed by atoms with Crippen molar-refractivity contribution in [1.29, 1.82) is 0 Å². The number of nitrogens with zero attached hydrogens (tertiary/aromatic N) is 1. The maximum absolute atomic E-state index is 13.9. The summed E-state index contributed by atoms with van der Waals surface area (Å²) in [7, 11) is 0. The summed E-state index contributed by atoms with van der Waals surface area (Å²) in [4.78, 5) is 4.81. The Morgan fingerprint density at radius 2 is 2.05 bits per heavy atom. The summed E-state index contributed by atoms with van der Waals surface area (Å²) in [5, 5.41) is 3.09. The molecule has 0 radical (unpaired) electrons. The van der Waals surface area contributed by atoms with E-state index >= 15 is 0 Å². The first kappa shape index (κ1) is 15.7. The van der Waals surface area contributed by atoms with Crippen molar-refractivity contribution in [2.75, 3.05) is 0 Å². The summed E-state index contributed by atoms with van der Waals surface area (Å²) < 4.78 is 13.0. The van der Waals surface area contributed by atoms with Crippen molar-refractivity contribution in [3.8, 4) is 0 Å². The van der Waals surface area contributed by atoms with Crippen LogP contribution in [0.2, 0.25) is 0 Å². The molecule has 0 aliphatic heterocycles. The van der Waals surface area contributed by atoms with Crippen molar-refractivity contribution >= 4 is 37.9 Å². The minimum absolute atomic E-state index is 0.291. The van der Waals surface area contributed by atoms with Crippen LogP contribution in [0.5, 0.6) is 0 Å². The van der Waals surface area contributed by atoms with Gasteiger partial charge in [0.25, 0.3) is 0 Å². The molecular formula is C14H15FN2S3. The van der Waals surface area contributed by atoms with Gasteiger partial charge in [0.2, 0.25) is 0 Å². The number of thiol groups is 3. The van der Waals surface area contributed by atoms with Crippen LogP contribution >= 0.6 is 37.9 Å². The molecule has 0 bridgehead atoms. The van der Waals surface area contributed by atoms with E-state index in [1.54, 1.807) is 6.20 Å². The van der Waals surface area contributed by atoms with Crippen LogP contribution in [0.25, 0.3) is 0 Å². The van der Waals surface area contributed by atoms with Gasteiger partial charge in [-0.2, -0.15) is 0 Å². The van der Waals surface area contributed by atoms with Crippen LogP contribution < -0.4 is 5.32 Å². The molecule has 0 atom stereocenters. The molecule has 6 heteroatoms.